The molecule has 7 heteroatoms. The number of aromatic amines is 1. The number of benzene rings is 2. The summed E-state index contributed by atoms with van der Waals surface area (Å²) in [6.07, 6.45) is 0. The highest BCUT2D eigenvalue weighted by Gasteiger charge is 2.23. The number of hydrogen-bond donors (Lipinski definition) is 1. The Morgan fingerprint density at radius 3 is 2.34 bits per heavy atom. The second-order valence-corrected chi connectivity index (χ2v) is 6.83. The lowest BCUT2D eigenvalue weighted by atomic mass is 10.1. The van der Waals surface area contributed by atoms with E-state index in [0.29, 0.717) is 18.8 Å². The van der Waals surface area contributed by atoms with Gasteiger partial charge in [-0.15, -0.1) is 0 Å². The predicted octanol–water partition coefficient (Wildman–Crippen LogP) is 2.41. The van der Waals surface area contributed by atoms with E-state index >= 15 is 0 Å². The Bertz CT molecular complexity index is 1040. The molecule has 7 nitrogen and oxygen atoms in total. The Morgan fingerprint density at radius 2 is 1.69 bits per heavy atom. The SMILES string of the molecule is COc1ccc(N2CCN(C(=O)c3cc(-c4ccccc4)nc(=O)[nH]3)CC2)cc1. The van der Waals surface area contributed by atoms with E-state index in [-0.39, 0.29) is 11.6 Å². The number of nitrogens with zero attached hydrogens (tertiary/aromatic N) is 3. The minimum absolute atomic E-state index is 0.184. The summed E-state index contributed by atoms with van der Waals surface area (Å²) in [4.78, 5) is 35.5. The molecule has 1 saturated heterocycles. The van der Waals surface area contributed by atoms with Gasteiger partial charge >= 0.3 is 5.69 Å². The summed E-state index contributed by atoms with van der Waals surface area (Å²) >= 11 is 0. The molecule has 1 fully saturated rings. The van der Waals surface area contributed by atoms with Crippen molar-refractivity contribution in [1.82, 2.24) is 14.9 Å². The molecule has 3 aromatic rings. The number of aromatic nitrogens is 2. The number of nitrogens with one attached hydrogen (secondary N) is 1. The summed E-state index contributed by atoms with van der Waals surface area (Å²) in [7, 11) is 1.64. The van der Waals surface area contributed by atoms with Crippen LogP contribution in [0.3, 0.4) is 0 Å². The van der Waals surface area contributed by atoms with Crippen molar-refractivity contribution in [3.05, 3.63) is 76.8 Å². The Labute approximate surface area is 168 Å². The summed E-state index contributed by atoms with van der Waals surface area (Å²) in [5, 5.41) is 0. The third-order valence-electron chi connectivity index (χ3n) is 5.05. The lowest BCUT2D eigenvalue weighted by Crippen LogP contribution is -2.49. The molecule has 1 aliphatic rings. The maximum absolute atomic E-state index is 13.0. The van der Waals surface area contributed by atoms with E-state index in [2.05, 4.69) is 14.9 Å². The second-order valence-electron chi connectivity index (χ2n) is 6.83. The van der Waals surface area contributed by atoms with Gasteiger partial charge in [0.25, 0.3) is 5.91 Å². The van der Waals surface area contributed by atoms with E-state index in [1.54, 1.807) is 18.1 Å². The Balaban J connectivity index is 1.47. The van der Waals surface area contributed by atoms with Crippen molar-refractivity contribution in [3.8, 4) is 17.0 Å². The molecule has 1 amide bonds. The van der Waals surface area contributed by atoms with E-state index in [0.717, 1.165) is 30.1 Å². The number of ether oxygens (including phenoxy) is 1. The lowest BCUT2D eigenvalue weighted by Gasteiger charge is -2.36. The molecule has 0 atom stereocenters. The number of carbonyl (C=O) groups is 1. The molecule has 0 saturated carbocycles. The smallest absolute Gasteiger partial charge is 0.346 e. The van der Waals surface area contributed by atoms with E-state index in [1.807, 2.05) is 54.6 Å². The molecule has 1 aliphatic heterocycles. The van der Waals surface area contributed by atoms with Crippen LogP contribution in [0.4, 0.5) is 5.69 Å². The van der Waals surface area contributed by atoms with Gasteiger partial charge in [0.2, 0.25) is 0 Å². The van der Waals surface area contributed by atoms with Crippen LogP contribution < -0.4 is 15.3 Å². The van der Waals surface area contributed by atoms with Gasteiger partial charge in [-0.3, -0.25) is 4.79 Å². The van der Waals surface area contributed by atoms with Crippen LogP contribution in [0.25, 0.3) is 11.3 Å². The fourth-order valence-corrected chi connectivity index (χ4v) is 3.46. The van der Waals surface area contributed by atoms with Gasteiger partial charge in [0.15, 0.2) is 0 Å². The fraction of sp³-hybridized carbons (Fsp3) is 0.227. The van der Waals surface area contributed by atoms with Gasteiger partial charge < -0.3 is 19.5 Å². The lowest BCUT2D eigenvalue weighted by molar-refractivity contribution is 0.0740. The molecular weight excluding hydrogens is 368 g/mol. The monoisotopic (exact) mass is 390 g/mol. The molecule has 1 aromatic heterocycles. The van der Waals surface area contributed by atoms with E-state index in [1.165, 1.54) is 0 Å². The average molecular weight is 390 g/mol. The summed E-state index contributed by atoms with van der Waals surface area (Å²) in [6, 6.07) is 18.9. The van der Waals surface area contributed by atoms with Crippen LogP contribution in [-0.4, -0.2) is 54.1 Å². The van der Waals surface area contributed by atoms with Crippen molar-refractivity contribution >= 4 is 11.6 Å². The minimum atomic E-state index is -0.522. The van der Waals surface area contributed by atoms with Crippen molar-refractivity contribution in [1.29, 1.82) is 0 Å². The first-order valence-electron chi connectivity index (χ1n) is 9.49. The minimum Gasteiger partial charge on any atom is -0.497 e. The van der Waals surface area contributed by atoms with Crippen LogP contribution in [0.5, 0.6) is 5.75 Å². The summed E-state index contributed by atoms with van der Waals surface area (Å²) in [5.74, 6) is 0.634. The number of rotatable bonds is 4. The molecule has 2 heterocycles. The van der Waals surface area contributed by atoms with Crippen LogP contribution in [0.2, 0.25) is 0 Å². The molecule has 0 aliphatic carbocycles. The molecule has 0 spiro atoms. The molecule has 148 valence electrons. The normalized spacial score (nSPS) is 14.0. The standard InChI is InChI=1S/C22H22N4O3/c1-29-18-9-7-17(8-10-18)25-11-13-26(14-12-25)21(27)20-15-19(23-22(28)24-20)16-5-3-2-4-6-16/h2-10,15H,11-14H2,1H3,(H,23,24,28). The van der Waals surface area contributed by atoms with Crippen molar-refractivity contribution in [2.75, 3.05) is 38.2 Å². The number of hydrogen-bond acceptors (Lipinski definition) is 5. The van der Waals surface area contributed by atoms with Crippen LogP contribution in [0, 0.1) is 0 Å². The Hall–Kier alpha value is -3.61. The highest BCUT2D eigenvalue weighted by molar-refractivity contribution is 5.93. The second kappa shape index (κ2) is 8.18. The van der Waals surface area contributed by atoms with Crippen molar-refractivity contribution in [2.45, 2.75) is 0 Å². The maximum Gasteiger partial charge on any atom is 0.346 e. The summed E-state index contributed by atoms with van der Waals surface area (Å²) in [6.45, 7) is 2.60. The Morgan fingerprint density at radius 1 is 1.00 bits per heavy atom. The van der Waals surface area contributed by atoms with Crippen LogP contribution in [0.15, 0.2) is 65.5 Å². The number of methoxy groups -OCH3 is 1. The average Bonchev–Trinajstić information content (AvgIpc) is 2.79. The quantitative estimate of drug-likeness (QED) is 0.740. The molecule has 1 N–H and O–H groups in total. The van der Waals surface area contributed by atoms with Gasteiger partial charge in [-0.2, -0.15) is 4.98 Å². The Kier molecular flexibility index (Phi) is 5.29. The summed E-state index contributed by atoms with van der Waals surface area (Å²) in [5.41, 5.74) is 2.14. The van der Waals surface area contributed by atoms with Crippen LogP contribution in [0.1, 0.15) is 10.5 Å². The van der Waals surface area contributed by atoms with Crippen molar-refractivity contribution in [2.24, 2.45) is 0 Å². The zero-order valence-corrected chi connectivity index (χ0v) is 16.2. The zero-order chi connectivity index (χ0) is 20.2. The zero-order valence-electron chi connectivity index (χ0n) is 16.2. The topological polar surface area (TPSA) is 78.5 Å². The van der Waals surface area contributed by atoms with Crippen molar-refractivity contribution < 1.29 is 9.53 Å². The van der Waals surface area contributed by atoms with Crippen molar-refractivity contribution in [3.63, 3.8) is 0 Å². The first kappa shape index (κ1) is 18.7. The van der Waals surface area contributed by atoms with Crippen LogP contribution >= 0.6 is 0 Å². The largest absolute Gasteiger partial charge is 0.497 e. The molecule has 0 bridgehead atoms. The predicted molar refractivity (Wildman–Crippen MR) is 111 cm³/mol. The number of carbonyl (C=O) groups excluding carboxylic acids is 1. The molecule has 4 rings (SSSR count). The molecule has 29 heavy (non-hydrogen) atoms. The third-order valence-corrected chi connectivity index (χ3v) is 5.05. The molecule has 0 unspecified atom stereocenters. The van der Waals surface area contributed by atoms with E-state index in [4.69, 9.17) is 4.74 Å². The number of amides is 1. The molecular formula is C22H22N4O3. The first-order valence-corrected chi connectivity index (χ1v) is 9.49. The highest BCUT2D eigenvalue weighted by Crippen LogP contribution is 2.21. The highest BCUT2D eigenvalue weighted by atomic mass is 16.5. The van der Waals surface area contributed by atoms with Gasteiger partial charge in [0, 0.05) is 37.4 Å². The number of H-pyrrole nitrogens is 1. The summed E-state index contributed by atoms with van der Waals surface area (Å²) < 4.78 is 5.20. The van der Waals surface area contributed by atoms with E-state index in [9.17, 15) is 9.59 Å². The van der Waals surface area contributed by atoms with Gasteiger partial charge in [-0.25, -0.2) is 4.79 Å². The molecule has 0 radical (unpaired) electrons. The van der Waals surface area contributed by atoms with Gasteiger partial charge in [0.05, 0.1) is 12.8 Å². The van der Waals surface area contributed by atoms with Crippen LogP contribution in [-0.2, 0) is 0 Å². The fourth-order valence-electron chi connectivity index (χ4n) is 3.46. The van der Waals surface area contributed by atoms with Gasteiger partial charge in [0.1, 0.15) is 11.4 Å². The first-order chi connectivity index (χ1) is 14.1. The number of piperazine rings is 1. The van der Waals surface area contributed by atoms with E-state index < -0.39 is 5.69 Å². The molecule has 2 aromatic carbocycles. The van der Waals surface area contributed by atoms with Gasteiger partial charge in [-0.05, 0) is 30.3 Å². The number of anilines is 1. The maximum atomic E-state index is 13.0. The van der Waals surface area contributed by atoms with Gasteiger partial charge in [-0.1, -0.05) is 30.3 Å². The third kappa shape index (κ3) is 4.13.